The third-order valence-electron chi connectivity index (χ3n) is 3.59. The maximum Gasteiger partial charge on any atom is 0.244 e. The summed E-state index contributed by atoms with van der Waals surface area (Å²) in [6.45, 7) is 2.75. The van der Waals surface area contributed by atoms with Crippen molar-refractivity contribution in [2.75, 3.05) is 7.11 Å². The molecule has 0 aliphatic rings. The van der Waals surface area contributed by atoms with Crippen molar-refractivity contribution in [3.8, 4) is 5.75 Å². The summed E-state index contributed by atoms with van der Waals surface area (Å²) < 4.78 is 5.10. The molecular weight excluding hydrogens is 286 g/mol. The van der Waals surface area contributed by atoms with Gasteiger partial charge in [-0.2, -0.15) is 0 Å². The van der Waals surface area contributed by atoms with E-state index in [0.29, 0.717) is 6.54 Å². The van der Waals surface area contributed by atoms with Crippen LogP contribution in [0, 0.1) is 0 Å². The molecule has 3 heteroatoms. The number of unbranched alkanes of at least 4 members (excludes halogenated alkanes) is 5. The molecule has 0 aromatic heterocycles. The molecule has 3 nitrogen and oxygen atoms in total. The maximum atomic E-state index is 11.7. The van der Waals surface area contributed by atoms with Crippen LogP contribution in [0.2, 0.25) is 0 Å². The second-order valence-corrected chi connectivity index (χ2v) is 5.56. The van der Waals surface area contributed by atoms with Gasteiger partial charge in [-0.1, -0.05) is 63.0 Å². The molecule has 0 spiro atoms. The zero-order chi connectivity index (χ0) is 16.8. The topological polar surface area (TPSA) is 38.3 Å². The Morgan fingerprint density at radius 2 is 1.83 bits per heavy atom. The molecule has 0 fully saturated rings. The molecule has 0 unspecified atom stereocenters. The first-order chi connectivity index (χ1) is 11.3. The number of allylic oxidation sites excluding steroid dienone is 3. The average Bonchev–Trinajstić information content (AvgIpc) is 2.59. The lowest BCUT2D eigenvalue weighted by Gasteiger charge is -2.04. The van der Waals surface area contributed by atoms with Gasteiger partial charge in [0, 0.05) is 12.6 Å². The molecule has 0 aliphatic carbocycles. The van der Waals surface area contributed by atoms with Crippen LogP contribution in [0.4, 0.5) is 0 Å². The molecule has 1 rings (SSSR count). The van der Waals surface area contributed by atoms with Crippen LogP contribution in [-0.4, -0.2) is 13.0 Å². The molecule has 1 N–H and O–H groups in total. The number of benzene rings is 1. The molecule has 23 heavy (non-hydrogen) atoms. The molecule has 0 saturated carbocycles. The third kappa shape index (κ3) is 9.56. The van der Waals surface area contributed by atoms with Gasteiger partial charge in [-0.05, 0) is 30.5 Å². The highest BCUT2D eigenvalue weighted by Gasteiger charge is 1.97. The zero-order valence-corrected chi connectivity index (χ0v) is 14.4. The van der Waals surface area contributed by atoms with E-state index in [-0.39, 0.29) is 5.91 Å². The van der Waals surface area contributed by atoms with Gasteiger partial charge in [0.2, 0.25) is 5.91 Å². The van der Waals surface area contributed by atoms with Gasteiger partial charge in [-0.3, -0.25) is 4.79 Å². The number of hydrogen-bond donors (Lipinski definition) is 1. The summed E-state index contributed by atoms with van der Waals surface area (Å²) in [5.74, 6) is 0.744. The Kier molecular flexibility index (Phi) is 10.3. The van der Waals surface area contributed by atoms with Gasteiger partial charge >= 0.3 is 0 Å². The Labute approximate surface area is 140 Å². The minimum Gasteiger partial charge on any atom is -0.497 e. The molecule has 0 bridgehead atoms. The third-order valence-corrected chi connectivity index (χ3v) is 3.59. The summed E-state index contributed by atoms with van der Waals surface area (Å²) in [4.78, 5) is 11.7. The Morgan fingerprint density at radius 1 is 1.09 bits per heavy atom. The van der Waals surface area contributed by atoms with E-state index in [2.05, 4.69) is 18.3 Å². The van der Waals surface area contributed by atoms with Crippen molar-refractivity contribution in [2.45, 2.75) is 52.0 Å². The average molecular weight is 315 g/mol. The van der Waals surface area contributed by atoms with E-state index in [4.69, 9.17) is 4.74 Å². The minimum absolute atomic E-state index is 0.0755. The first kappa shape index (κ1) is 19.0. The Balaban J connectivity index is 2.14. The van der Waals surface area contributed by atoms with E-state index in [0.717, 1.165) is 17.7 Å². The predicted molar refractivity (Wildman–Crippen MR) is 96.5 cm³/mol. The van der Waals surface area contributed by atoms with Crippen LogP contribution in [0.15, 0.2) is 48.6 Å². The summed E-state index contributed by atoms with van der Waals surface area (Å²) in [6, 6.07) is 7.67. The van der Waals surface area contributed by atoms with Gasteiger partial charge in [0.1, 0.15) is 5.75 Å². The van der Waals surface area contributed by atoms with Gasteiger partial charge in [0.15, 0.2) is 0 Å². The van der Waals surface area contributed by atoms with Crippen molar-refractivity contribution in [3.63, 3.8) is 0 Å². The molecular formula is C20H29NO2. The lowest BCUT2D eigenvalue weighted by Crippen LogP contribution is -2.20. The first-order valence-corrected chi connectivity index (χ1v) is 8.50. The predicted octanol–water partition coefficient (Wildman–Crippen LogP) is 4.78. The fraction of sp³-hybridized carbons (Fsp3) is 0.450. The summed E-state index contributed by atoms with van der Waals surface area (Å²) in [5.41, 5.74) is 1.05. The van der Waals surface area contributed by atoms with Crippen molar-refractivity contribution in [3.05, 3.63) is 54.1 Å². The number of rotatable bonds is 11. The van der Waals surface area contributed by atoms with Crippen LogP contribution >= 0.6 is 0 Å². The molecule has 0 heterocycles. The van der Waals surface area contributed by atoms with E-state index in [1.807, 2.05) is 30.3 Å². The van der Waals surface area contributed by atoms with Crippen LogP contribution in [-0.2, 0) is 11.3 Å². The number of hydrogen-bond acceptors (Lipinski definition) is 2. The van der Waals surface area contributed by atoms with Crippen LogP contribution in [0.25, 0.3) is 0 Å². The minimum atomic E-state index is -0.0755. The molecule has 0 saturated heterocycles. The van der Waals surface area contributed by atoms with Crippen molar-refractivity contribution in [1.29, 1.82) is 0 Å². The number of amides is 1. The van der Waals surface area contributed by atoms with Crippen molar-refractivity contribution in [2.24, 2.45) is 0 Å². The van der Waals surface area contributed by atoms with E-state index in [9.17, 15) is 4.79 Å². The van der Waals surface area contributed by atoms with Gasteiger partial charge in [0.05, 0.1) is 7.11 Å². The SMILES string of the molecule is CCCCCCC/C=C/C=C/C(=O)NCc1ccc(OC)cc1. The Bertz CT molecular complexity index is 489. The Morgan fingerprint density at radius 3 is 2.52 bits per heavy atom. The quantitative estimate of drug-likeness (QED) is 0.362. The van der Waals surface area contributed by atoms with Crippen LogP contribution in [0.1, 0.15) is 51.0 Å². The molecule has 126 valence electrons. The van der Waals surface area contributed by atoms with E-state index < -0.39 is 0 Å². The molecule has 0 radical (unpaired) electrons. The highest BCUT2D eigenvalue weighted by molar-refractivity contribution is 5.87. The van der Waals surface area contributed by atoms with Gasteiger partial charge < -0.3 is 10.1 Å². The number of carbonyl (C=O) groups is 1. The second kappa shape index (κ2) is 12.5. The molecule has 0 aliphatic heterocycles. The molecule has 1 amide bonds. The fourth-order valence-electron chi connectivity index (χ4n) is 2.17. The van der Waals surface area contributed by atoms with E-state index >= 15 is 0 Å². The monoisotopic (exact) mass is 315 g/mol. The number of nitrogens with one attached hydrogen (secondary N) is 1. The zero-order valence-electron chi connectivity index (χ0n) is 14.4. The van der Waals surface area contributed by atoms with Crippen LogP contribution < -0.4 is 10.1 Å². The maximum absolute atomic E-state index is 11.7. The molecule has 1 aromatic rings. The molecule has 1 aromatic carbocycles. The number of carbonyl (C=O) groups excluding carboxylic acids is 1. The lowest BCUT2D eigenvalue weighted by molar-refractivity contribution is -0.116. The van der Waals surface area contributed by atoms with Crippen molar-refractivity contribution >= 4 is 5.91 Å². The summed E-state index contributed by atoms with van der Waals surface area (Å²) in [7, 11) is 1.64. The Hall–Kier alpha value is -2.03. The van der Waals surface area contributed by atoms with E-state index in [1.165, 1.54) is 32.1 Å². The van der Waals surface area contributed by atoms with Gasteiger partial charge in [0.25, 0.3) is 0 Å². The normalized spacial score (nSPS) is 11.2. The van der Waals surface area contributed by atoms with Crippen LogP contribution in [0.5, 0.6) is 5.75 Å². The smallest absolute Gasteiger partial charge is 0.244 e. The van der Waals surface area contributed by atoms with Gasteiger partial charge in [-0.15, -0.1) is 0 Å². The second-order valence-electron chi connectivity index (χ2n) is 5.56. The highest BCUT2D eigenvalue weighted by Crippen LogP contribution is 2.10. The van der Waals surface area contributed by atoms with Crippen molar-refractivity contribution < 1.29 is 9.53 Å². The van der Waals surface area contributed by atoms with Gasteiger partial charge in [-0.25, -0.2) is 0 Å². The molecule has 0 atom stereocenters. The summed E-state index contributed by atoms with van der Waals surface area (Å²) >= 11 is 0. The number of ether oxygens (including phenoxy) is 1. The fourth-order valence-corrected chi connectivity index (χ4v) is 2.17. The largest absolute Gasteiger partial charge is 0.497 e. The number of methoxy groups -OCH3 is 1. The lowest BCUT2D eigenvalue weighted by atomic mass is 10.1. The van der Waals surface area contributed by atoms with Crippen molar-refractivity contribution in [1.82, 2.24) is 5.32 Å². The first-order valence-electron chi connectivity index (χ1n) is 8.50. The van der Waals surface area contributed by atoms with Crippen LogP contribution in [0.3, 0.4) is 0 Å². The summed E-state index contributed by atoms with van der Waals surface area (Å²) in [5, 5.41) is 2.86. The highest BCUT2D eigenvalue weighted by atomic mass is 16.5. The standard InChI is InChI=1S/C20H29NO2/c1-3-4-5-6-7-8-9-10-11-12-20(22)21-17-18-13-15-19(23-2)16-14-18/h9-16H,3-8,17H2,1-2H3,(H,21,22)/b10-9+,12-11+. The summed E-state index contributed by atoms with van der Waals surface area (Å²) in [6.07, 6.45) is 15.0. The van der Waals surface area contributed by atoms with E-state index in [1.54, 1.807) is 19.3 Å².